The zero-order valence-corrected chi connectivity index (χ0v) is 21.6. The highest BCUT2D eigenvalue weighted by Gasteiger charge is 2.37. The van der Waals surface area contributed by atoms with Crippen LogP contribution < -0.4 is 5.32 Å². The van der Waals surface area contributed by atoms with E-state index < -0.39 is 11.9 Å². The summed E-state index contributed by atoms with van der Waals surface area (Å²) in [4.78, 5) is 40.5. The molecular formula is C31H31FN2O4. The molecule has 0 radical (unpaired) electrons. The summed E-state index contributed by atoms with van der Waals surface area (Å²) < 4.78 is 18.8. The molecule has 1 atom stereocenters. The van der Waals surface area contributed by atoms with Crippen LogP contribution in [0.1, 0.15) is 53.2 Å². The van der Waals surface area contributed by atoms with E-state index in [1.54, 1.807) is 49.1 Å². The molecule has 0 aromatic heterocycles. The smallest absolute Gasteiger partial charge is 0.336 e. The lowest BCUT2D eigenvalue weighted by Crippen LogP contribution is -2.38. The second-order valence-corrected chi connectivity index (χ2v) is 9.20. The molecule has 1 aliphatic rings. The average molecular weight is 515 g/mol. The molecule has 196 valence electrons. The Hall–Kier alpha value is -4.26. The van der Waals surface area contributed by atoms with Crippen LogP contribution in [0.5, 0.6) is 0 Å². The molecule has 2 amide bonds. The molecule has 0 bridgehead atoms. The number of allylic oxidation sites excluding steroid dienone is 1. The summed E-state index contributed by atoms with van der Waals surface area (Å²) in [7, 11) is 0. The van der Waals surface area contributed by atoms with Crippen LogP contribution in [-0.2, 0) is 27.3 Å². The van der Waals surface area contributed by atoms with Crippen molar-refractivity contribution >= 4 is 17.8 Å². The number of benzene rings is 3. The van der Waals surface area contributed by atoms with E-state index in [-0.39, 0.29) is 37.2 Å². The number of rotatable bonds is 9. The molecule has 4 rings (SSSR count). The Morgan fingerprint density at radius 1 is 1.00 bits per heavy atom. The van der Waals surface area contributed by atoms with Crippen molar-refractivity contribution in [3.05, 3.63) is 118 Å². The zero-order valence-electron chi connectivity index (χ0n) is 21.6. The Kier molecular flexibility index (Phi) is 8.69. The van der Waals surface area contributed by atoms with E-state index in [9.17, 15) is 18.8 Å². The first kappa shape index (κ1) is 26.8. The fourth-order valence-corrected chi connectivity index (χ4v) is 4.72. The Bertz CT molecular complexity index is 1340. The summed E-state index contributed by atoms with van der Waals surface area (Å²) >= 11 is 0. The lowest BCUT2D eigenvalue weighted by atomic mass is 9.83. The SMILES string of the molecule is CCOC(=O)C1=C(C)N(Cc2cccc(C(=O)NCCc3ccccc3)c2)C(=O)CC1c1ccc(F)cc1. The zero-order chi connectivity index (χ0) is 27.1. The largest absolute Gasteiger partial charge is 0.463 e. The van der Waals surface area contributed by atoms with Gasteiger partial charge in [0.1, 0.15) is 5.82 Å². The van der Waals surface area contributed by atoms with Crippen molar-refractivity contribution in [3.63, 3.8) is 0 Å². The van der Waals surface area contributed by atoms with Gasteiger partial charge in [0.25, 0.3) is 5.91 Å². The third-order valence-electron chi connectivity index (χ3n) is 6.66. The lowest BCUT2D eigenvalue weighted by Gasteiger charge is -2.34. The summed E-state index contributed by atoms with van der Waals surface area (Å²) in [5, 5.41) is 2.94. The van der Waals surface area contributed by atoms with Crippen LogP contribution in [0.3, 0.4) is 0 Å². The van der Waals surface area contributed by atoms with E-state index >= 15 is 0 Å². The van der Waals surface area contributed by atoms with Crippen LogP contribution >= 0.6 is 0 Å². The summed E-state index contributed by atoms with van der Waals surface area (Å²) in [6.07, 6.45) is 0.779. The molecule has 6 nitrogen and oxygen atoms in total. The highest BCUT2D eigenvalue weighted by Crippen LogP contribution is 2.37. The number of esters is 1. The van der Waals surface area contributed by atoms with Crippen molar-refractivity contribution < 1.29 is 23.5 Å². The standard InChI is InChI=1S/C31H31FN2O4/c1-3-38-31(37)29-21(2)34(28(35)19-27(29)24-12-14-26(32)15-13-24)20-23-10-7-11-25(18-23)30(36)33-17-16-22-8-5-4-6-9-22/h4-15,18,27H,3,16-17,19-20H2,1-2H3,(H,33,36). The van der Waals surface area contributed by atoms with Gasteiger partial charge in [0, 0.05) is 30.1 Å². The van der Waals surface area contributed by atoms with E-state index in [1.165, 1.54) is 12.1 Å². The average Bonchev–Trinajstić information content (AvgIpc) is 2.92. The first-order valence-corrected chi connectivity index (χ1v) is 12.7. The highest BCUT2D eigenvalue weighted by atomic mass is 19.1. The molecule has 1 N–H and O–H groups in total. The van der Waals surface area contributed by atoms with E-state index in [2.05, 4.69) is 5.32 Å². The van der Waals surface area contributed by atoms with Crippen molar-refractivity contribution in [1.82, 2.24) is 10.2 Å². The maximum atomic E-state index is 13.5. The number of halogens is 1. The molecular weight excluding hydrogens is 483 g/mol. The van der Waals surface area contributed by atoms with Crippen LogP contribution in [0.2, 0.25) is 0 Å². The van der Waals surface area contributed by atoms with E-state index in [4.69, 9.17) is 4.74 Å². The van der Waals surface area contributed by atoms with Gasteiger partial charge in [0.05, 0.1) is 18.7 Å². The highest BCUT2D eigenvalue weighted by molar-refractivity contribution is 5.96. The van der Waals surface area contributed by atoms with Crippen molar-refractivity contribution in [2.24, 2.45) is 0 Å². The predicted octanol–water partition coefficient (Wildman–Crippen LogP) is 5.15. The molecule has 0 spiro atoms. The second-order valence-electron chi connectivity index (χ2n) is 9.20. The molecule has 0 saturated carbocycles. The van der Waals surface area contributed by atoms with Gasteiger partial charge < -0.3 is 15.0 Å². The number of nitrogens with zero attached hydrogens (tertiary/aromatic N) is 1. The van der Waals surface area contributed by atoms with Gasteiger partial charge in [-0.1, -0.05) is 54.6 Å². The minimum Gasteiger partial charge on any atom is -0.463 e. The van der Waals surface area contributed by atoms with E-state index in [1.807, 2.05) is 36.4 Å². The summed E-state index contributed by atoms with van der Waals surface area (Å²) in [6, 6.07) is 22.9. The number of hydrogen-bond acceptors (Lipinski definition) is 4. The monoisotopic (exact) mass is 514 g/mol. The second kappa shape index (κ2) is 12.3. The van der Waals surface area contributed by atoms with Crippen molar-refractivity contribution in [3.8, 4) is 0 Å². The molecule has 0 saturated heterocycles. The summed E-state index contributed by atoms with van der Waals surface area (Å²) in [5.74, 6) is -1.77. The minimum atomic E-state index is -0.528. The molecule has 3 aromatic carbocycles. The number of hydrogen-bond donors (Lipinski definition) is 1. The summed E-state index contributed by atoms with van der Waals surface area (Å²) in [5.41, 5.74) is 3.95. The molecule has 1 heterocycles. The van der Waals surface area contributed by atoms with Crippen LogP contribution in [0.15, 0.2) is 90.1 Å². The van der Waals surface area contributed by atoms with E-state index in [0.717, 1.165) is 17.5 Å². The Morgan fingerprint density at radius 3 is 2.42 bits per heavy atom. The van der Waals surface area contributed by atoms with Crippen molar-refractivity contribution in [1.29, 1.82) is 0 Å². The first-order valence-electron chi connectivity index (χ1n) is 12.7. The number of carbonyl (C=O) groups is 3. The molecule has 7 heteroatoms. The number of nitrogens with one attached hydrogen (secondary N) is 1. The number of carbonyl (C=O) groups excluding carboxylic acids is 3. The fraction of sp³-hybridized carbons (Fsp3) is 0.258. The quantitative estimate of drug-likeness (QED) is 0.401. The summed E-state index contributed by atoms with van der Waals surface area (Å²) in [6.45, 7) is 4.35. The Balaban J connectivity index is 1.53. The molecule has 1 unspecified atom stereocenters. The van der Waals surface area contributed by atoms with Gasteiger partial charge in [0.15, 0.2) is 0 Å². The Labute approximate surface area is 222 Å². The van der Waals surface area contributed by atoms with Gasteiger partial charge in [-0.3, -0.25) is 9.59 Å². The predicted molar refractivity (Wildman–Crippen MR) is 143 cm³/mol. The van der Waals surface area contributed by atoms with Crippen LogP contribution in [0.4, 0.5) is 4.39 Å². The molecule has 0 aliphatic carbocycles. The number of ether oxygens (including phenoxy) is 1. The van der Waals surface area contributed by atoms with Crippen molar-refractivity contribution in [2.45, 2.75) is 39.2 Å². The topological polar surface area (TPSA) is 75.7 Å². The third-order valence-corrected chi connectivity index (χ3v) is 6.66. The van der Waals surface area contributed by atoms with Gasteiger partial charge in [-0.05, 0) is 61.2 Å². The first-order chi connectivity index (χ1) is 18.4. The third kappa shape index (κ3) is 6.35. The lowest BCUT2D eigenvalue weighted by molar-refractivity contribution is -0.140. The van der Waals surface area contributed by atoms with Gasteiger partial charge in [-0.15, -0.1) is 0 Å². The molecule has 0 fully saturated rings. The number of amides is 2. The van der Waals surface area contributed by atoms with Gasteiger partial charge in [0.2, 0.25) is 5.91 Å². The van der Waals surface area contributed by atoms with Crippen LogP contribution in [0.25, 0.3) is 0 Å². The fourth-order valence-electron chi connectivity index (χ4n) is 4.72. The molecule has 1 aliphatic heterocycles. The maximum absolute atomic E-state index is 13.5. The van der Waals surface area contributed by atoms with Gasteiger partial charge in [-0.25, -0.2) is 9.18 Å². The van der Waals surface area contributed by atoms with Gasteiger partial charge in [-0.2, -0.15) is 0 Å². The Morgan fingerprint density at radius 2 is 1.71 bits per heavy atom. The van der Waals surface area contributed by atoms with Crippen LogP contribution in [-0.4, -0.2) is 35.8 Å². The normalized spacial score (nSPS) is 15.4. The molecule has 38 heavy (non-hydrogen) atoms. The van der Waals surface area contributed by atoms with Crippen LogP contribution in [0, 0.1) is 5.82 Å². The van der Waals surface area contributed by atoms with Gasteiger partial charge >= 0.3 is 5.97 Å². The minimum absolute atomic E-state index is 0.0524. The maximum Gasteiger partial charge on any atom is 0.336 e. The van der Waals surface area contributed by atoms with E-state index in [0.29, 0.717) is 28.9 Å². The molecule has 3 aromatic rings. The van der Waals surface area contributed by atoms with Crippen molar-refractivity contribution in [2.75, 3.05) is 13.2 Å².